The van der Waals surface area contributed by atoms with Crippen molar-refractivity contribution in [3.63, 3.8) is 0 Å². The van der Waals surface area contributed by atoms with Crippen molar-refractivity contribution in [2.24, 2.45) is 11.8 Å². The van der Waals surface area contributed by atoms with E-state index < -0.39 is 0 Å². The molecule has 1 nitrogen and oxygen atoms in total. The van der Waals surface area contributed by atoms with Gasteiger partial charge in [-0.2, -0.15) is 0 Å². The van der Waals surface area contributed by atoms with Crippen molar-refractivity contribution < 1.29 is 0 Å². The number of nitrogens with zero attached hydrogens (tertiary/aromatic N) is 1. The van der Waals surface area contributed by atoms with Crippen LogP contribution in [0.3, 0.4) is 0 Å². The summed E-state index contributed by atoms with van der Waals surface area (Å²) in [6.45, 7) is 3.70. The molecule has 1 saturated carbocycles. The van der Waals surface area contributed by atoms with Gasteiger partial charge in [-0.1, -0.05) is 26.2 Å². The van der Waals surface area contributed by atoms with Crippen molar-refractivity contribution in [1.82, 2.24) is 4.90 Å². The topological polar surface area (TPSA) is 3.24 Å². The zero-order valence-electron chi connectivity index (χ0n) is 8.14. The van der Waals surface area contributed by atoms with Crippen LogP contribution in [0.25, 0.3) is 0 Å². The molecule has 1 rings (SSSR count). The molecule has 0 heterocycles. The molecule has 0 amide bonds. The summed E-state index contributed by atoms with van der Waals surface area (Å²) in [7, 11) is 4.36. The average Bonchev–Trinajstić information content (AvgIpc) is 1.93. The normalized spacial score (nSPS) is 32.7. The Kier molecular flexibility index (Phi) is 3.38. The largest absolute Gasteiger partial charge is 0.309 e. The molecule has 66 valence electrons. The zero-order chi connectivity index (χ0) is 8.27. The Bertz CT molecular complexity index is 109. The van der Waals surface area contributed by atoms with Gasteiger partial charge in [0.1, 0.15) is 0 Å². The third kappa shape index (κ3) is 2.82. The molecule has 0 saturated heterocycles. The van der Waals surface area contributed by atoms with E-state index in [9.17, 15) is 0 Å². The molecule has 1 aliphatic rings. The summed E-state index contributed by atoms with van der Waals surface area (Å²) in [6, 6.07) is 0. The van der Waals surface area contributed by atoms with E-state index in [1.165, 1.54) is 32.2 Å². The molecule has 2 atom stereocenters. The molecule has 0 spiro atoms. The standard InChI is InChI=1S/C10H21N/c1-9-6-4-5-7-10(9)8-11(2)3/h9-10H,4-8H2,1-3H3/t9-,10-/m1/s1. The molecule has 1 aliphatic carbocycles. The molecule has 0 aromatic carbocycles. The second-order valence-electron chi connectivity index (χ2n) is 4.28. The van der Waals surface area contributed by atoms with E-state index in [4.69, 9.17) is 0 Å². The van der Waals surface area contributed by atoms with E-state index in [2.05, 4.69) is 25.9 Å². The van der Waals surface area contributed by atoms with Crippen molar-refractivity contribution in [2.45, 2.75) is 32.6 Å². The molecule has 11 heavy (non-hydrogen) atoms. The quantitative estimate of drug-likeness (QED) is 0.592. The second-order valence-corrected chi connectivity index (χ2v) is 4.28. The van der Waals surface area contributed by atoms with Gasteiger partial charge in [0.25, 0.3) is 0 Å². The molecule has 0 bridgehead atoms. The monoisotopic (exact) mass is 155 g/mol. The van der Waals surface area contributed by atoms with Crippen LogP contribution in [0.4, 0.5) is 0 Å². The van der Waals surface area contributed by atoms with Gasteiger partial charge in [-0.25, -0.2) is 0 Å². The fourth-order valence-corrected chi connectivity index (χ4v) is 2.13. The van der Waals surface area contributed by atoms with E-state index in [0.717, 1.165) is 11.8 Å². The van der Waals surface area contributed by atoms with Gasteiger partial charge in [-0.15, -0.1) is 0 Å². The maximum Gasteiger partial charge on any atom is 0.000610 e. The van der Waals surface area contributed by atoms with Gasteiger partial charge in [0.2, 0.25) is 0 Å². The van der Waals surface area contributed by atoms with Crippen LogP contribution in [0.15, 0.2) is 0 Å². The predicted octanol–water partition coefficient (Wildman–Crippen LogP) is 2.37. The minimum Gasteiger partial charge on any atom is -0.309 e. The molecular formula is C10H21N. The Morgan fingerprint density at radius 2 is 1.82 bits per heavy atom. The summed E-state index contributed by atoms with van der Waals surface area (Å²) >= 11 is 0. The third-order valence-corrected chi connectivity index (χ3v) is 2.89. The Morgan fingerprint density at radius 1 is 1.18 bits per heavy atom. The molecule has 0 aromatic rings. The van der Waals surface area contributed by atoms with Crippen LogP contribution in [0.5, 0.6) is 0 Å². The van der Waals surface area contributed by atoms with Gasteiger partial charge >= 0.3 is 0 Å². The SMILES string of the molecule is C[C@@H]1CCCC[C@@H]1CN(C)C. The van der Waals surface area contributed by atoms with Crippen LogP contribution in [-0.2, 0) is 0 Å². The van der Waals surface area contributed by atoms with Crippen LogP contribution < -0.4 is 0 Å². The summed E-state index contributed by atoms with van der Waals surface area (Å²) in [5, 5.41) is 0. The smallest absolute Gasteiger partial charge is 0.000610 e. The number of rotatable bonds is 2. The molecule has 1 heteroatoms. The first kappa shape index (κ1) is 9.05. The summed E-state index contributed by atoms with van der Waals surface area (Å²) in [5.74, 6) is 1.94. The first-order valence-corrected chi connectivity index (χ1v) is 4.85. The lowest BCUT2D eigenvalue weighted by molar-refractivity contribution is 0.199. The average molecular weight is 155 g/mol. The first-order chi connectivity index (χ1) is 5.20. The van der Waals surface area contributed by atoms with Crippen molar-refractivity contribution in [1.29, 1.82) is 0 Å². The van der Waals surface area contributed by atoms with E-state index in [1.54, 1.807) is 0 Å². The lowest BCUT2D eigenvalue weighted by Gasteiger charge is -2.30. The van der Waals surface area contributed by atoms with Gasteiger partial charge in [-0.3, -0.25) is 0 Å². The van der Waals surface area contributed by atoms with Gasteiger partial charge in [-0.05, 0) is 32.4 Å². The van der Waals surface area contributed by atoms with Crippen molar-refractivity contribution in [3.05, 3.63) is 0 Å². The fourth-order valence-electron chi connectivity index (χ4n) is 2.13. The Balaban J connectivity index is 2.29. The third-order valence-electron chi connectivity index (χ3n) is 2.89. The lowest BCUT2D eigenvalue weighted by Crippen LogP contribution is -2.28. The van der Waals surface area contributed by atoms with E-state index in [-0.39, 0.29) is 0 Å². The van der Waals surface area contributed by atoms with Gasteiger partial charge < -0.3 is 4.90 Å². The van der Waals surface area contributed by atoms with Crippen molar-refractivity contribution in [3.8, 4) is 0 Å². The summed E-state index contributed by atoms with van der Waals surface area (Å²) < 4.78 is 0. The predicted molar refractivity (Wildman–Crippen MR) is 49.7 cm³/mol. The highest BCUT2D eigenvalue weighted by Gasteiger charge is 2.21. The van der Waals surface area contributed by atoms with Crippen molar-refractivity contribution in [2.75, 3.05) is 20.6 Å². The van der Waals surface area contributed by atoms with Gasteiger partial charge in [0, 0.05) is 6.54 Å². The Hall–Kier alpha value is -0.0400. The summed E-state index contributed by atoms with van der Waals surface area (Å²) in [5.41, 5.74) is 0. The van der Waals surface area contributed by atoms with E-state index >= 15 is 0 Å². The van der Waals surface area contributed by atoms with Crippen LogP contribution in [0.2, 0.25) is 0 Å². The Morgan fingerprint density at radius 3 is 2.36 bits per heavy atom. The van der Waals surface area contributed by atoms with Crippen molar-refractivity contribution >= 4 is 0 Å². The van der Waals surface area contributed by atoms with E-state index in [1.807, 2.05) is 0 Å². The Labute approximate surface area is 70.8 Å². The van der Waals surface area contributed by atoms with Crippen LogP contribution >= 0.6 is 0 Å². The highest BCUT2D eigenvalue weighted by Crippen LogP contribution is 2.29. The molecule has 0 unspecified atom stereocenters. The zero-order valence-corrected chi connectivity index (χ0v) is 8.14. The van der Waals surface area contributed by atoms with Gasteiger partial charge in [0.15, 0.2) is 0 Å². The summed E-state index contributed by atoms with van der Waals surface area (Å²) in [4.78, 5) is 2.33. The second kappa shape index (κ2) is 4.10. The van der Waals surface area contributed by atoms with E-state index in [0.29, 0.717) is 0 Å². The van der Waals surface area contributed by atoms with Crippen LogP contribution in [0, 0.1) is 11.8 Å². The highest BCUT2D eigenvalue weighted by molar-refractivity contribution is 4.73. The molecule has 0 aliphatic heterocycles. The maximum absolute atomic E-state index is 2.41. The minimum absolute atomic E-state index is 0.964. The minimum atomic E-state index is 0.964. The molecule has 0 N–H and O–H groups in total. The van der Waals surface area contributed by atoms with Crippen LogP contribution in [-0.4, -0.2) is 25.5 Å². The van der Waals surface area contributed by atoms with Crippen LogP contribution in [0.1, 0.15) is 32.6 Å². The lowest BCUT2D eigenvalue weighted by atomic mass is 9.80. The highest BCUT2D eigenvalue weighted by atomic mass is 15.1. The molecule has 0 aromatic heterocycles. The first-order valence-electron chi connectivity index (χ1n) is 4.85. The molecular weight excluding hydrogens is 134 g/mol. The molecule has 0 radical (unpaired) electrons. The summed E-state index contributed by atoms with van der Waals surface area (Å²) in [6.07, 6.45) is 5.84. The molecule has 1 fully saturated rings. The fraction of sp³-hybridized carbons (Fsp3) is 1.00. The van der Waals surface area contributed by atoms with Gasteiger partial charge in [0.05, 0.1) is 0 Å². The number of hydrogen-bond acceptors (Lipinski definition) is 1. The number of hydrogen-bond donors (Lipinski definition) is 0. The maximum atomic E-state index is 2.41.